The molecule has 0 aliphatic carbocycles. The molecule has 6 heteroatoms. The number of carbonyl (C=O) groups excluding carboxylic acids is 1. The third-order valence-electron chi connectivity index (χ3n) is 2.15. The van der Waals surface area contributed by atoms with Crippen LogP contribution in [0, 0.1) is 0 Å². The van der Waals surface area contributed by atoms with Crippen LogP contribution in [0.25, 0.3) is 0 Å². The zero-order chi connectivity index (χ0) is 9.42. The van der Waals surface area contributed by atoms with Gasteiger partial charge in [-0.2, -0.15) is 0 Å². The monoisotopic (exact) mass is 182 g/mol. The van der Waals surface area contributed by atoms with Crippen molar-refractivity contribution in [2.24, 2.45) is 0 Å². The number of aromatic nitrogens is 2. The maximum Gasteiger partial charge on any atom is 0.312 e. The van der Waals surface area contributed by atoms with Crippen molar-refractivity contribution in [2.45, 2.75) is 12.3 Å². The van der Waals surface area contributed by atoms with Gasteiger partial charge in [0.1, 0.15) is 0 Å². The highest BCUT2D eigenvalue weighted by atomic mass is 16.4. The van der Waals surface area contributed by atoms with Crippen LogP contribution >= 0.6 is 0 Å². The number of carbonyl (C=O) groups is 1. The molecule has 1 aromatic rings. The van der Waals surface area contributed by atoms with Gasteiger partial charge in [-0.1, -0.05) is 5.10 Å². The van der Waals surface area contributed by atoms with Crippen molar-refractivity contribution in [3.63, 3.8) is 0 Å². The molecule has 2 rings (SSSR count). The Labute approximate surface area is 74.7 Å². The number of likely N-dealkylation sites (tertiary alicyclic amines) is 1. The van der Waals surface area contributed by atoms with Gasteiger partial charge in [0.05, 0.1) is 5.92 Å². The van der Waals surface area contributed by atoms with E-state index in [1.807, 2.05) is 0 Å². The van der Waals surface area contributed by atoms with Crippen LogP contribution in [0.15, 0.2) is 4.42 Å². The summed E-state index contributed by atoms with van der Waals surface area (Å²) in [7, 11) is 1.75. The van der Waals surface area contributed by atoms with Gasteiger partial charge >= 0.3 is 6.01 Å². The van der Waals surface area contributed by atoms with E-state index in [4.69, 9.17) is 10.2 Å². The highest BCUT2D eigenvalue weighted by Gasteiger charge is 2.31. The van der Waals surface area contributed by atoms with Gasteiger partial charge in [-0.25, -0.2) is 0 Å². The molecule has 1 saturated heterocycles. The summed E-state index contributed by atoms with van der Waals surface area (Å²) in [4.78, 5) is 12.8. The van der Waals surface area contributed by atoms with Crippen LogP contribution in [0.1, 0.15) is 18.2 Å². The largest absolute Gasteiger partial charge is 0.408 e. The topological polar surface area (TPSA) is 85.2 Å². The predicted octanol–water partition coefficient (Wildman–Crippen LogP) is -0.403. The average molecular weight is 182 g/mol. The fourth-order valence-corrected chi connectivity index (χ4v) is 1.44. The van der Waals surface area contributed by atoms with Gasteiger partial charge in [0.25, 0.3) is 0 Å². The number of nitrogens with two attached hydrogens (primary N) is 1. The van der Waals surface area contributed by atoms with Crippen LogP contribution in [0.2, 0.25) is 0 Å². The lowest BCUT2D eigenvalue weighted by Crippen LogP contribution is -2.18. The van der Waals surface area contributed by atoms with E-state index in [2.05, 4.69) is 10.2 Å². The number of likely N-dealkylation sites (N-methyl/N-ethyl adjacent to an activating group) is 1. The molecule has 70 valence electrons. The van der Waals surface area contributed by atoms with E-state index in [0.717, 1.165) is 0 Å². The summed E-state index contributed by atoms with van der Waals surface area (Å²) in [5.74, 6) is 0.555. The third-order valence-corrected chi connectivity index (χ3v) is 2.15. The molecule has 1 aliphatic rings. The maximum atomic E-state index is 11.2. The number of nitrogens with zero attached hydrogens (tertiary/aromatic N) is 3. The summed E-state index contributed by atoms with van der Waals surface area (Å²) in [6.07, 6.45) is 0.429. The summed E-state index contributed by atoms with van der Waals surface area (Å²) in [6, 6.07) is 0.0528. The highest BCUT2D eigenvalue weighted by molar-refractivity contribution is 5.79. The molecule has 6 nitrogen and oxygen atoms in total. The first-order chi connectivity index (χ1) is 6.16. The van der Waals surface area contributed by atoms with Crippen LogP contribution in [0.4, 0.5) is 6.01 Å². The fourth-order valence-electron chi connectivity index (χ4n) is 1.44. The fraction of sp³-hybridized carbons (Fsp3) is 0.571. The van der Waals surface area contributed by atoms with Gasteiger partial charge in [-0.15, -0.1) is 5.10 Å². The molecule has 2 N–H and O–H groups in total. The van der Waals surface area contributed by atoms with Crippen LogP contribution in [-0.4, -0.2) is 34.6 Å². The predicted molar refractivity (Wildman–Crippen MR) is 43.7 cm³/mol. The van der Waals surface area contributed by atoms with Crippen molar-refractivity contribution in [2.75, 3.05) is 19.3 Å². The average Bonchev–Trinajstić information content (AvgIpc) is 2.61. The molecule has 0 saturated carbocycles. The number of rotatable bonds is 1. The minimum absolute atomic E-state index is 0.00213. The Hall–Kier alpha value is -1.59. The lowest BCUT2D eigenvalue weighted by Gasteiger charge is -2.05. The molecule has 1 amide bonds. The molecule has 0 bridgehead atoms. The van der Waals surface area contributed by atoms with Gasteiger partial charge in [-0.3, -0.25) is 4.79 Å². The van der Waals surface area contributed by atoms with E-state index < -0.39 is 0 Å². The lowest BCUT2D eigenvalue weighted by atomic mass is 10.1. The minimum Gasteiger partial charge on any atom is -0.408 e. The van der Waals surface area contributed by atoms with E-state index in [1.54, 1.807) is 11.9 Å². The summed E-state index contributed by atoms with van der Waals surface area (Å²) in [5, 5.41) is 7.29. The summed E-state index contributed by atoms with van der Waals surface area (Å²) in [6.45, 7) is 0.625. The Morgan fingerprint density at radius 2 is 2.38 bits per heavy atom. The zero-order valence-corrected chi connectivity index (χ0v) is 7.23. The van der Waals surface area contributed by atoms with Crippen molar-refractivity contribution in [1.82, 2.24) is 15.1 Å². The molecule has 2 heterocycles. The van der Waals surface area contributed by atoms with Gasteiger partial charge in [0.15, 0.2) is 0 Å². The third kappa shape index (κ3) is 1.34. The standard InChI is InChI=1S/C7H10N4O2/c1-11-3-4(2-5(11)12)6-9-10-7(8)13-6/h4H,2-3H2,1H3,(H2,8,10). The second-order valence-electron chi connectivity index (χ2n) is 3.15. The number of anilines is 1. The van der Waals surface area contributed by atoms with Gasteiger partial charge in [-0.05, 0) is 0 Å². The van der Waals surface area contributed by atoms with E-state index >= 15 is 0 Å². The summed E-state index contributed by atoms with van der Waals surface area (Å²) in [5.41, 5.74) is 5.28. The van der Waals surface area contributed by atoms with Crippen LogP contribution in [0.3, 0.4) is 0 Å². The Kier molecular flexibility index (Phi) is 1.68. The molecule has 1 aromatic heterocycles. The van der Waals surface area contributed by atoms with E-state index in [0.29, 0.717) is 18.9 Å². The number of hydrogen-bond donors (Lipinski definition) is 1. The van der Waals surface area contributed by atoms with Crippen molar-refractivity contribution >= 4 is 11.9 Å². The molecule has 1 unspecified atom stereocenters. The van der Waals surface area contributed by atoms with Crippen LogP contribution in [0.5, 0.6) is 0 Å². The van der Waals surface area contributed by atoms with Crippen molar-refractivity contribution in [3.05, 3.63) is 5.89 Å². The van der Waals surface area contributed by atoms with Gasteiger partial charge in [0.2, 0.25) is 11.8 Å². The first-order valence-electron chi connectivity index (χ1n) is 3.99. The zero-order valence-electron chi connectivity index (χ0n) is 7.23. The Morgan fingerprint density at radius 1 is 1.62 bits per heavy atom. The molecular weight excluding hydrogens is 172 g/mol. The van der Waals surface area contributed by atoms with E-state index in [9.17, 15) is 4.79 Å². The van der Waals surface area contributed by atoms with Crippen LogP contribution < -0.4 is 5.73 Å². The summed E-state index contributed by atoms with van der Waals surface area (Å²) >= 11 is 0. The molecule has 0 radical (unpaired) electrons. The second-order valence-corrected chi connectivity index (χ2v) is 3.15. The van der Waals surface area contributed by atoms with Crippen molar-refractivity contribution in [3.8, 4) is 0 Å². The smallest absolute Gasteiger partial charge is 0.312 e. The first-order valence-corrected chi connectivity index (χ1v) is 3.99. The first kappa shape index (κ1) is 8.03. The van der Waals surface area contributed by atoms with Crippen molar-refractivity contribution in [1.29, 1.82) is 0 Å². The Balaban J connectivity index is 2.16. The molecule has 1 atom stereocenters. The van der Waals surface area contributed by atoms with Crippen LogP contribution in [-0.2, 0) is 4.79 Å². The quantitative estimate of drug-likeness (QED) is 0.638. The van der Waals surface area contributed by atoms with E-state index in [1.165, 1.54) is 0 Å². The molecule has 0 aromatic carbocycles. The molecule has 1 fully saturated rings. The maximum absolute atomic E-state index is 11.2. The SMILES string of the molecule is CN1CC(c2nnc(N)o2)CC1=O. The molecular formula is C7H10N4O2. The Bertz CT molecular complexity index is 335. The second kappa shape index (κ2) is 2.72. The van der Waals surface area contributed by atoms with Gasteiger partial charge in [0, 0.05) is 20.0 Å². The molecule has 1 aliphatic heterocycles. The highest BCUT2D eigenvalue weighted by Crippen LogP contribution is 2.26. The number of hydrogen-bond acceptors (Lipinski definition) is 5. The van der Waals surface area contributed by atoms with Gasteiger partial charge < -0.3 is 15.1 Å². The van der Waals surface area contributed by atoms with E-state index in [-0.39, 0.29) is 17.8 Å². The normalized spacial score (nSPS) is 22.7. The summed E-state index contributed by atoms with van der Waals surface area (Å²) < 4.78 is 5.04. The molecule has 0 spiro atoms. The van der Waals surface area contributed by atoms with Crippen molar-refractivity contribution < 1.29 is 9.21 Å². The molecule has 13 heavy (non-hydrogen) atoms. The minimum atomic E-state index is 0.00213. The lowest BCUT2D eigenvalue weighted by molar-refractivity contribution is -0.126. The Morgan fingerprint density at radius 3 is 2.85 bits per heavy atom. The number of nitrogen functional groups attached to an aromatic ring is 1. The number of amides is 1.